The van der Waals surface area contributed by atoms with Crippen molar-refractivity contribution < 1.29 is 4.79 Å². The van der Waals surface area contributed by atoms with Gasteiger partial charge in [-0.2, -0.15) is 5.10 Å². The highest BCUT2D eigenvalue weighted by molar-refractivity contribution is 9.10. The van der Waals surface area contributed by atoms with Gasteiger partial charge in [0.1, 0.15) is 5.69 Å². The predicted molar refractivity (Wildman–Crippen MR) is 76.6 cm³/mol. The van der Waals surface area contributed by atoms with Gasteiger partial charge in [0.2, 0.25) is 0 Å². The van der Waals surface area contributed by atoms with Gasteiger partial charge in [-0.05, 0) is 42.6 Å². The molecule has 18 heavy (non-hydrogen) atoms. The Balaban J connectivity index is 2.65. The molecule has 102 valence electrons. The highest BCUT2D eigenvalue weighted by Gasteiger charge is 2.21. The quantitative estimate of drug-likeness (QED) is 0.787. The lowest BCUT2D eigenvalue weighted by Crippen LogP contribution is -2.19. The van der Waals surface area contributed by atoms with E-state index in [9.17, 15) is 4.79 Å². The van der Waals surface area contributed by atoms with Gasteiger partial charge in [0.05, 0.1) is 10.7 Å². The summed E-state index contributed by atoms with van der Waals surface area (Å²) in [7, 11) is 0. The zero-order chi connectivity index (χ0) is 13.7. The molecule has 0 bridgehead atoms. The maximum atomic E-state index is 12.4. The molecular weight excluding hydrogens is 294 g/mol. The molecule has 1 aromatic heterocycles. The van der Waals surface area contributed by atoms with Gasteiger partial charge >= 0.3 is 0 Å². The van der Waals surface area contributed by atoms with E-state index in [0.717, 1.165) is 23.7 Å². The van der Waals surface area contributed by atoms with E-state index in [1.54, 1.807) is 10.9 Å². The summed E-state index contributed by atoms with van der Waals surface area (Å²) in [5, 5.41) is 4.18. The Morgan fingerprint density at radius 2 is 2.17 bits per heavy atom. The van der Waals surface area contributed by atoms with Crippen molar-refractivity contribution in [2.24, 2.45) is 11.7 Å². The molecule has 0 saturated carbocycles. The number of aryl methyl sites for hydroxylation is 1. The monoisotopic (exact) mass is 315 g/mol. The second-order valence-electron chi connectivity index (χ2n) is 4.83. The molecule has 0 aliphatic heterocycles. The number of nitrogens with zero attached hydrogens (tertiary/aromatic N) is 2. The number of carbonyl (C=O) groups excluding carboxylic acids is 1. The van der Waals surface area contributed by atoms with E-state index in [4.69, 9.17) is 5.73 Å². The maximum Gasteiger partial charge on any atom is 0.184 e. The lowest BCUT2D eigenvalue weighted by Gasteiger charge is -2.12. The Bertz CT molecular complexity index is 401. The number of Topliss-reactive ketones (excluding diaryl/α,β-unsaturated/α-hetero) is 1. The third-order valence-corrected chi connectivity index (χ3v) is 3.65. The molecule has 0 spiro atoms. The van der Waals surface area contributed by atoms with Crippen LogP contribution in [0.4, 0.5) is 0 Å². The molecule has 0 aliphatic carbocycles. The first-order valence-corrected chi connectivity index (χ1v) is 7.27. The van der Waals surface area contributed by atoms with Gasteiger partial charge in [-0.25, -0.2) is 0 Å². The molecular formula is C13H22BrN3O. The van der Waals surface area contributed by atoms with Crippen LogP contribution < -0.4 is 5.73 Å². The van der Waals surface area contributed by atoms with Crippen LogP contribution in [0.5, 0.6) is 0 Å². The number of ketones is 1. The van der Waals surface area contributed by atoms with Crippen molar-refractivity contribution in [2.75, 3.05) is 0 Å². The second-order valence-corrected chi connectivity index (χ2v) is 5.68. The Labute approximate surface area is 117 Å². The third-order valence-electron chi connectivity index (χ3n) is 3.07. The highest BCUT2D eigenvalue weighted by Crippen LogP contribution is 2.22. The lowest BCUT2D eigenvalue weighted by atomic mass is 9.96. The first-order valence-electron chi connectivity index (χ1n) is 6.48. The van der Waals surface area contributed by atoms with E-state index in [2.05, 4.69) is 21.0 Å². The van der Waals surface area contributed by atoms with Crippen molar-refractivity contribution in [1.29, 1.82) is 0 Å². The van der Waals surface area contributed by atoms with E-state index in [1.807, 2.05) is 20.8 Å². The summed E-state index contributed by atoms with van der Waals surface area (Å²) in [5.74, 6) is 0.174. The fourth-order valence-corrected chi connectivity index (χ4v) is 2.45. The van der Waals surface area contributed by atoms with Crippen molar-refractivity contribution in [2.45, 2.75) is 52.6 Å². The molecule has 0 amide bonds. The van der Waals surface area contributed by atoms with Crippen LogP contribution in [0, 0.1) is 5.92 Å². The molecule has 4 nitrogen and oxygen atoms in total. The second kappa shape index (κ2) is 7.04. The van der Waals surface area contributed by atoms with Gasteiger partial charge in [-0.3, -0.25) is 9.48 Å². The minimum Gasteiger partial charge on any atom is -0.328 e. The van der Waals surface area contributed by atoms with E-state index in [0.29, 0.717) is 12.2 Å². The number of nitrogens with two attached hydrogens (primary N) is 1. The van der Waals surface area contributed by atoms with Crippen LogP contribution in [0.15, 0.2) is 10.7 Å². The van der Waals surface area contributed by atoms with Crippen LogP contribution >= 0.6 is 15.9 Å². The molecule has 2 atom stereocenters. The number of halogens is 1. The standard InChI is InChI=1S/C13H22BrN3O/c1-4-17-12(11(14)8-16-17)13(18)9(2)6-5-7-10(3)15/h8-10H,4-7,15H2,1-3H3. The van der Waals surface area contributed by atoms with Crippen LogP contribution in [0.2, 0.25) is 0 Å². The molecule has 0 fully saturated rings. The van der Waals surface area contributed by atoms with Gasteiger partial charge in [-0.15, -0.1) is 0 Å². The summed E-state index contributed by atoms with van der Waals surface area (Å²) in [4.78, 5) is 12.4. The Kier molecular flexibility index (Phi) is 6.02. The van der Waals surface area contributed by atoms with Crippen LogP contribution in [0.25, 0.3) is 0 Å². The van der Waals surface area contributed by atoms with E-state index >= 15 is 0 Å². The lowest BCUT2D eigenvalue weighted by molar-refractivity contribution is 0.0910. The van der Waals surface area contributed by atoms with Crippen LogP contribution in [0.1, 0.15) is 50.5 Å². The topological polar surface area (TPSA) is 60.9 Å². The first-order chi connectivity index (χ1) is 8.47. The summed E-state index contributed by atoms with van der Waals surface area (Å²) in [6, 6.07) is 0.209. The minimum absolute atomic E-state index is 0.0158. The third kappa shape index (κ3) is 3.92. The maximum absolute atomic E-state index is 12.4. The minimum atomic E-state index is 0.0158. The molecule has 1 rings (SSSR count). The summed E-state index contributed by atoms with van der Waals surface area (Å²) in [5.41, 5.74) is 6.40. The summed E-state index contributed by atoms with van der Waals surface area (Å²) >= 11 is 3.39. The van der Waals surface area contributed by atoms with E-state index in [-0.39, 0.29) is 17.7 Å². The van der Waals surface area contributed by atoms with Crippen molar-refractivity contribution in [3.63, 3.8) is 0 Å². The smallest absolute Gasteiger partial charge is 0.184 e. The van der Waals surface area contributed by atoms with Gasteiger partial charge in [-0.1, -0.05) is 13.3 Å². The zero-order valence-corrected chi connectivity index (χ0v) is 12.9. The molecule has 2 N–H and O–H groups in total. The van der Waals surface area contributed by atoms with E-state index < -0.39 is 0 Å². The number of aromatic nitrogens is 2. The highest BCUT2D eigenvalue weighted by atomic mass is 79.9. The SMILES string of the molecule is CCn1ncc(Br)c1C(=O)C(C)CCCC(C)N. The largest absolute Gasteiger partial charge is 0.328 e. The molecule has 0 aliphatic rings. The summed E-state index contributed by atoms with van der Waals surface area (Å²) in [6.45, 7) is 6.66. The fraction of sp³-hybridized carbons (Fsp3) is 0.692. The molecule has 5 heteroatoms. The predicted octanol–water partition coefficient (Wildman–Crippen LogP) is 3.00. The van der Waals surface area contributed by atoms with Gasteiger partial charge in [0, 0.05) is 18.5 Å². The van der Waals surface area contributed by atoms with Crippen LogP contribution in [-0.2, 0) is 6.54 Å². The molecule has 1 heterocycles. The molecule has 0 radical (unpaired) electrons. The average molecular weight is 316 g/mol. The number of carbonyl (C=O) groups is 1. The van der Waals surface area contributed by atoms with Crippen LogP contribution in [-0.4, -0.2) is 21.6 Å². The van der Waals surface area contributed by atoms with Crippen molar-refractivity contribution in [3.8, 4) is 0 Å². The van der Waals surface area contributed by atoms with Gasteiger partial charge < -0.3 is 5.73 Å². The Morgan fingerprint density at radius 1 is 1.50 bits per heavy atom. The summed E-state index contributed by atoms with van der Waals surface area (Å²) in [6.07, 6.45) is 4.52. The Morgan fingerprint density at radius 3 is 2.72 bits per heavy atom. The zero-order valence-electron chi connectivity index (χ0n) is 11.3. The van der Waals surface area contributed by atoms with Crippen molar-refractivity contribution in [1.82, 2.24) is 9.78 Å². The van der Waals surface area contributed by atoms with Crippen LogP contribution in [0.3, 0.4) is 0 Å². The molecule has 2 unspecified atom stereocenters. The molecule has 0 saturated heterocycles. The van der Waals surface area contributed by atoms with Gasteiger partial charge in [0.15, 0.2) is 5.78 Å². The molecule has 1 aromatic rings. The Hall–Kier alpha value is -0.680. The average Bonchev–Trinajstić information content (AvgIpc) is 2.68. The van der Waals surface area contributed by atoms with Crippen molar-refractivity contribution >= 4 is 21.7 Å². The number of hydrogen-bond donors (Lipinski definition) is 1. The van der Waals surface area contributed by atoms with Gasteiger partial charge in [0.25, 0.3) is 0 Å². The van der Waals surface area contributed by atoms with Crippen molar-refractivity contribution in [3.05, 3.63) is 16.4 Å². The van der Waals surface area contributed by atoms with E-state index in [1.165, 1.54) is 0 Å². The normalized spacial score (nSPS) is 14.5. The first kappa shape index (κ1) is 15.4. The number of rotatable bonds is 7. The molecule has 0 aromatic carbocycles. The fourth-order valence-electron chi connectivity index (χ4n) is 1.96. The summed E-state index contributed by atoms with van der Waals surface area (Å²) < 4.78 is 2.53. The number of hydrogen-bond acceptors (Lipinski definition) is 3.